The molecule has 2 N–H and O–H groups in total. The van der Waals surface area contributed by atoms with E-state index in [2.05, 4.69) is 26.1 Å². The van der Waals surface area contributed by atoms with Crippen LogP contribution in [0.4, 0.5) is 5.69 Å². The van der Waals surface area contributed by atoms with Crippen LogP contribution in [0.3, 0.4) is 0 Å². The van der Waals surface area contributed by atoms with Crippen LogP contribution in [0.5, 0.6) is 0 Å². The second kappa shape index (κ2) is 5.26. The Morgan fingerprint density at radius 3 is 2.70 bits per heavy atom. The minimum atomic E-state index is 0.380. The Hall–Kier alpha value is -1.85. The van der Waals surface area contributed by atoms with Gasteiger partial charge in [-0.25, -0.2) is 0 Å². The highest BCUT2D eigenvalue weighted by molar-refractivity contribution is 9.10. The van der Waals surface area contributed by atoms with Crippen molar-refractivity contribution in [3.63, 3.8) is 0 Å². The molecule has 0 aliphatic heterocycles. The van der Waals surface area contributed by atoms with Crippen molar-refractivity contribution in [2.45, 2.75) is 0 Å². The van der Waals surface area contributed by atoms with Crippen LogP contribution in [0, 0.1) is 0 Å². The number of anilines is 1. The van der Waals surface area contributed by atoms with E-state index in [1.165, 1.54) is 0 Å². The fraction of sp³-hybridized carbons (Fsp3) is 0. The highest BCUT2D eigenvalue weighted by Gasteiger charge is 2.13. The molecule has 2 aromatic carbocycles. The van der Waals surface area contributed by atoms with Gasteiger partial charge in [0.1, 0.15) is 0 Å². The highest BCUT2D eigenvalue weighted by atomic mass is 79.9. The zero-order valence-corrected chi connectivity index (χ0v) is 12.5. The summed E-state index contributed by atoms with van der Waals surface area (Å²) in [5.41, 5.74) is 7.86. The highest BCUT2D eigenvalue weighted by Crippen LogP contribution is 2.29. The van der Waals surface area contributed by atoms with Crippen LogP contribution in [0.25, 0.3) is 22.8 Å². The number of nitrogens with two attached hydrogens (primary N) is 1. The molecule has 3 rings (SSSR count). The van der Waals surface area contributed by atoms with Gasteiger partial charge in [0.05, 0.1) is 0 Å². The molecule has 0 bridgehead atoms. The number of halogens is 2. The molecule has 0 amide bonds. The molecule has 1 aromatic heterocycles. The number of aromatic nitrogens is 2. The lowest BCUT2D eigenvalue weighted by Gasteiger charge is -1.98. The number of nitrogens with zero attached hydrogens (tertiary/aromatic N) is 2. The number of nitrogen functional groups attached to an aromatic ring is 1. The first kappa shape index (κ1) is 13.1. The Morgan fingerprint density at radius 2 is 1.95 bits per heavy atom. The lowest BCUT2D eigenvalue weighted by atomic mass is 10.2. The Bertz CT molecular complexity index is 752. The summed E-state index contributed by atoms with van der Waals surface area (Å²) in [5.74, 6) is 0.885. The van der Waals surface area contributed by atoms with Crippen LogP contribution in [0.2, 0.25) is 5.02 Å². The van der Waals surface area contributed by atoms with Gasteiger partial charge >= 0.3 is 0 Å². The normalized spacial score (nSPS) is 10.7. The van der Waals surface area contributed by atoms with Crippen LogP contribution in [-0.2, 0) is 0 Å². The molecule has 4 nitrogen and oxygen atoms in total. The summed E-state index contributed by atoms with van der Waals surface area (Å²) in [6.45, 7) is 0. The van der Waals surface area contributed by atoms with Gasteiger partial charge in [0.2, 0.25) is 5.82 Å². The number of hydrogen-bond acceptors (Lipinski definition) is 4. The third kappa shape index (κ3) is 2.55. The molecule has 0 spiro atoms. The van der Waals surface area contributed by atoms with Crippen molar-refractivity contribution in [3.8, 4) is 22.8 Å². The summed E-state index contributed by atoms with van der Waals surface area (Å²) < 4.78 is 6.17. The van der Waals surface area contributed by atoms with Crippen molar-refractivity contribution in [1.82, 2.24) is 10.1 Å². The van der Waals surface area contributed by atoms with Gasteiger partial charge in [-0.15, -0.1) is 0 Å². The summed E-state index contributed by atoms with van der Waals surface area (Å²) in [4.78, 5) is 4.37. The van der Waals surface area contributed by atoms with Crippen LogP contribution >= 0.6 is 27.5 Å². The van der Waals surface area contributed by atoms with E-state index in [1.54, 1.807) is 18.2 Å². The molecule has 0 saturated heterocycles. The van der Waals surface area contributed by atoms with Gasteiger partial charge in [-0.05, 0) is 30.3 Å². The third-order valence-electron chi connectivity index (χ3n) is 2.71. The lowest BCUT2D eigenvalue weighted by Crippen LogP contribution is -1.87. The zero-order chi connectivity index (χ0) is 14.1. The average molecular weight is 351 g/mol. The quantitative estimate of drug-likeness (QED) is 0.696. The van der Waals surface area contributed by atoms with E-state index < -0.39 is 0 Å². The molecule has 0 aliphatic carbocycles. The maximum Gasteiger partial charge on any atom is 0.258 e. The summed E-state index contributed by atoms with van der Waals surface area (Å²) in [5, 5.41) is 4.51. The molecule has 0 atom stereocenters. The average Bonchev–Trinajstić information content (AvgIpc) is 2.87. The molecule has 0 saturated carbocycles. The zero-order valence-electron chi connectivity index (χ0n) is 10.2. The van der Waals surface area contributed by atoms with Crippen molar-refractivity contribution in [2.75, 3.05) is 5.73 Å². The molecule has 0 radical (unpaired) electrons. The summed E-state index contributed by atoms with van der Waals surface area (Å²) in [7, 11) is 0. The van der Waals surface area contributed by atoms with Gasteiger partial charge in [-0.3, -0.25) is 0 Å². The van der Waals surface area contributed by atoms with Crippen molar-refractivity contribution < 1.29 is 4.52 Å². The third-order valence-corrected chi connectivity index (χ3v) is 3.62. The first-order chi connectivity index (χ1) is 9.63. The molecule has 0 fully saturated rings. The summed E-state index contributed by atoms with van der Waals surface area (Å²) in [6, 6.07) is 12.8. The number of hydrogen-bond donors (Lipinski definition) is 1. The van der Waals surface area contributed by atoms with Gasteiger partial charge in [-0.1, -0.05) is 44.8 Å². The molecule has 20 heavy (non-hydrogen) atoms. The largest absolute Gasteiger partial charge is 0.399 e. The fourth-order valence-corrected chi connectivity index (χ4v) is 2.53. The van der Waals surface area contributed by atoms with E-state index in [4.69, 9.17) is 21.9 Å². The molecule has 6 heteroatoms. The lowest BCUT2D eigenvalue weighted by molar-refractivity contribution is 0.432. The topological polar surface area (TPSA) is 64.9 Å². The van der Waals surface area contributed by atoms with Gasteiger partial charge < -0.3 is 10.3 Å². The molecule has 3 aromatic rings. The molecular weight excluding hydrogens is 342 g/mol. The van der Waals surface area contributed by atoms with Crippen LogP contribution < -0.4 is 5.73 Å². The number of benzene rings is 2. The first-order valence-electron chi connectivity index (χ1n) is 5.78. The monoisotopic (exact) mass is 349 g/mol. The smallest absolute Gasteiger partial charge is 0.258 e. The Labute approximate surface area is 128 Å². The van der Waals surface area contributed by atoms with Gasteiger partial charge in [-0.2, -0.15) is 4.98 Å². The molecular formula is C14H9BrClN3O. The molecule has 1 heterocycles. The van der Waals surface area contributed by atoms with Crippen molar-refractivity contribution in [1.29, 1.82) is 0 Å². The second-order valence-corrected chi connectivity index (χ2v) is 5.47. The van der Waals surface area contributed by atoms with Gasteiger partial charge in [0.25, 0.3) is 5.89 Å². The van der Waals surface area contributed by atoms with E-state index in [9.17, 15) is 0 Å². The Morgan fingerprint density at radius 1 is 1.15 bits per heavy atom. The standard InChI is InChI=1S/C14H9BrClN3O/c15-12-4-2-1-3-11(12)13-18-14(20-19-13)8-5-9(16)7-10(17)6-8/h1-7H,17H2. The van der Waals surface area contributed by atoms with Crippen molar-refractivity contribution in [3.05, 3.63) is 52.0 Å². The summed E-state index contributed by atoms with van der Waals surface area (Å²) >= 11 is 9.43. The van der Waals surface area contributed by atoms with E-state index >= 15 is 0 Å². The molecule has 0 unspecified atom stereocenters. The van der Waals surface area contributed by atoms with Gasteiger partial charge in [0, 0.05) is 26.3 Å². The van der Waals surface area contributed by atoms with Crippen LogP contribution in [0.15, 0.2) is 51.5 Å². The fourth-order valence-electron chi connectivity index (χ4n) is 1.83. The Kier molecular flexibility index (Phi) is 3.46. The van der Waals surface area contributed by atoms with Crippen molar-refractivity contribution >= 4 is 33.2 Å². The SMILES string of the molecule is Nc1cc(Cl)cc(-c2nc(-c3ccccc3Br)no2)c1. The van der Waals surface area contributed by atoms with E-state index in [-0.39, 0.29) is 0 Å². The Balaban J connectivity index is 2.04. The van der Waals surface area contributed by atoms with Crippen LogP contribution in [-0.4, -0.2) is 10.1 Å². The maximum absolute atomic E-state index is 5.97. The summed E-state index contributed by atoms with van der Waals surface area (Å²) in [6.07, 6.45) is 0. The predicted octanol–water partition coefficient (Wildman–Crippen LogP) is 4.40. The predicted molar refractivity (Wildman–Crippen MR) is 82.3 cm³/mol. The van der Waals surface area contributed by atoms with Crippen LogP contribution in [0.1, 0.15) is 0 Å². The minimum Gasteiger partial charge on any atom is -0.399 e. The molecule has 100 valence electrons. The molecule has 0 aliphatic rings. The number of rotatable bonds is 2. The van der Waals surface area contributed by atoms with E-state index in [0.717, 1.165) is 10.0 Å². The van der Waals surface area contributed by atoms with Gasteiger partial charge in [0.15, 0.2) is 0 Å². The van der Waals surface area contributed by atoms with Crippen molar-refractivity contribution in [2.24, 2.45) is 0 Å². The van der Waals surface area contributed by atoms with E-state index in [1.807, 2.05) is 24.3 Å². The maximum atomic E-state index is 5.97. The second-order valence-electron chi connectivity index (χ2n) is 4.18. The van der Waals surface area contributed by atoms with E-state index in [0.29, 0.717) is 28.0 Å². The minimum absolute atomic E-state index is 0.380. The first-order valence-corrected chi connectivity index (χ1v) is 6.95.